The molecule has 0 bridgehead atoms. The van der Waals surface area contributed by atoms with Gasteiger partial charge in [-0.05, 0) is 77.0 Å². The van der Waals surface area contributed by atoms with E-state index in [1.54, 1.807) is 0 Å². The number of aliphatic hydroxyl groups excluding tert-OH is 4. The SMILES string of the molecule is CCCCCCCC/C=C\CCCCCCCCC(O)C(=O)NC(CO)C(O)C(O)CCC/C=C/CC/C=C/CCCCCCCCCCCCCCCCCCCCC. The zero-order valence-corrected chi connectivity index (χ0v) is 40.0. The summed E-state index contributed by atoms with van der Waals surface area (Å²) in [5.74, 6) is -0.601. The van der Waals surface area contributed by atoms with Crippen molar-refractivity contribution in [3.05, 3.63) is 36.5 Å². The Hall–Kier alpha value is -1.47. The number of hydrogen-bond acceptors (Lipinski definition) is 5. The van der Waals surface area contributed by atoms with Crippen LogP contribution in [-0.2, 0) is 4.79 Å². The van der Waals surface area contributed by atoms with Gasteiger partial charge in [0.25, 0.3) is 0 Å². The summed E-state index contributed by atoms with van der Waals surface area (Å²) in [5.41, 5.74) is 0. The van der Waals surface area contributed by atoms with Gasteiger partial charge in [0.05, 0.1) is 18.8 Å². The predicted molar refractivity (Wildman–Crippen MR) is 260 cm³/mol. The van der Waals surface area contributed by atoms with E-state index in [1.165, 1.54) is 186 Å². The molecule has 0 aromatic heterocycles. The first-order valence-electron chi connectivity index (χ1n) is 26.4. The quantitative estimate of drug-likeness (QED) is 0.0309. The number of unbranched alkanes of at least 4 members (excludes halogenated alkanes) is 33. The molecule has 4 unspecified atom stereocenters. The van der Waals surface area contributed by atoms with Gasteiger partial charge in [-0.1, -0.05) is 230 Å². The zero-order chi connectivity index (χ0) is 43.8. The van der Waals surface area contributed by atoms with E-state index in [-0.39, 0.29) is 0 Å². The molecule has 0 saturated heterocycles. The van der Waals surface area contributed by atoms with Gasteiger partial charge in [0.1, 0.15) is 12.2 Å². The van der Waals surface area contributed by atoms with Crippen LogP contribution in [0.25, 0.3) is 0 Å². The van der Waals surface area contributed by atoms with Crippen molar-refractivity contribution in [2.24, 2.45) is 0 Å². The Morgan fingerprint density at radius 2 is 0.700 bits per heavy atom. The van der Waals surface area contributed by atoms with Crippen LogP contribution < -0.4 is 5.32 Å². The molecule has 0 fully saturated rings. The third kappa shape index (κ3) is 41.9. The van der Waals surface area contributed by atoms with Crippen molar-refractivity contribution in [2.45, 2.75) is 295 Å². The molecule has 1 amide bonds. The van der Waals surface area contributed by atoms with E-state index in [4.69, 9.17) is 0 Å². The maximum Gasteiger partial charge on any atom is 0.249 e. The van der Waals surface area contributed by atoms with Crippen LogP contribution >= 0.6 is 0 Å². The minimum atomic E-state index is -1.29. The molecule has 0 aromatic rings. The van der Waals surface area contributed by atoms with Crippen LogP contribution in [-0.4, -0.2) is 57.3 Å². The molecule has 60 heavy (non-hydrogen) atoms. The molecule has 0 aliphatic carbocycles. The van der Waals surface area contributed by atoms with Gasteiger partial charge in [-0.15, -0.1) is 0 Å². The third-order valence-electron chi connectivity index (χ3n) is 12.3. The highest BCUT2D eigenvalue weighted by Gasteiger charge is 2.28. The smallest absolute Gasteiger partial charge is 0.249 e. The number of allylic oxidation sites excluding steroid dienone is 6. The molecule has 0 heterocycles. The van der Waals surface area contributed by atoms with E-state index in [0.717, 1.165) is 51.4 Å². The lowest BCUT2D eigenvalue weighted by Crippen LogP contribution is -2.53. The highest BCUT2D eigenvalue weighted by Crippen LogP contribution is 2.16. The molecule has 0 aromatic carbocycles. The predicted octanol–water partition coefficient (Wildman–Crippen LogP) is 14.9. The van der Waals surface area contributed by atoms with Gasteiger partial charge in [0.15, 0.2) is 0 Å². The Balaban J connectivity index is 3.70. The first-order chi connectivity index (χ1) is 29.5. The second-order valence-corrected chi connectivity index (χ2v) is 18.2. The summed E-state index contributed by atoms with van der Waals surface area (Å²) in [6, 6.07) is -1.01. The highest BCUT2D eigenvalue weighted by atomic mass is 16.3. The number of rotatable bonds is 48. The molecule has 4 atom stereocenters. The molecular weight excluding hydrogens is 743 g/mol. The van der Waals surface area contributed by atoms with Crippen LogP contribution in [0.2, 0.25) is 0 Å². The van der Waals surface area contributed by atoms with Crippen molar-refractivity contribution < 1.29 is 25.2 Å². The van der Waals surface area contributed by atoms with Gasteiger partial charge in [0, 0.05) is 0 Å². The van der Waals surface area contributed by atoms with Gasteiger partial charge >= 0.3 is 0 Å². The molecule has 0 aliphatic rings. The van der Waals surface area contributed by atoms with Crippen LogP contribution in [0.4, 0.5) is 0 Å². The molecule has 5 N–H and O–H groups in total. The second kappa shape index (κ2) is 48.6. The molecule has 0 rings (SSSR count). The largest absolute Gasteiger partial charge is 0.394 e. The topological polar surface area (TPSA) is 110 Å². The van der Waals surface area contributed by atoms with Crippen molar-refractivity contribution >= 4 is 5.91 Å². The fourth-order valence-electron chi connectivity index (χ4n) is 8.12. The van der Waals surface area contributed by atoms with Gasteiger partial charge in [-0.3, -0.25) is 4.79 Å². The molecule has 354 valence electrons. The maximum atomic E-state index is 12.5. The summed E-state index contributed by atoms with van der Waals surface area (Å²) < 4.78 is 0. The summed E-state index contributed by atoms with van der Waals surface area (Å²) in [5, 5.41) is 43.8. The van der Waals surface area contributed by atoms with E-state index >= 15 is 0 Å². The second-order valence-electron chi connectivity index (χ2n) is 18.2. The van der Waals surface area contributed by atoms with Crippen molar-refractivity contribution in [3.63, 3.8) is 0 Å². The van der Waals surface area contributed by atoms with Gasteiger partial charge in [-0.2, -0.15) is 0 Å². The number of aliphatic hydroxyl groups is 4. The monoisotopic (exact) mass is 846 g/mol. The number of carbonyl (C=O) groups is 1. The lowest BCUT2D eigenvalue weighted by atomic mass is 10.00. The summed E-state index contributed by atoms with van der Waals surface area (Å²) in [7, 11) is 0. The zero-order valence-electron chi connectivity index (χ0n) is 40.0. The highest BCUT2D eigenvalue weighted by molar-refractivity contribution is 5.80. The normalized spacial score (nSPS) is 14.2. The third-order valence-corrected chi connectivity index (χ3v) is 12.3. The van der Waals surface area contributed by atoms with Crippen LogP contribution in [0.15, 0.2) is 36.5 Å². The number of nitrogens with one attached hydrogen (secondary N) is 1. The Labute approximate surface area is 373 Å². The minimum absolute atomic E-state index is 0.353. The number of amides is 1. The van der Waals surface area contributed by atoms with Gasteiger partial charge in [-0.25, -0.2) is 0 Å². The van der Waals surface area contributed by atoms with E-state index in [1.807, 2.05) is 0 Å². The average molecular weight is 846 g/mol. The Morgan fingerprint density at radius 3 is 1.05 bits per heavy atom. The average Bonchev–Trinajstić information content (AvgIpc) is 3.25. The summed E-state index contributed by atoms with van der Waals surface area (Å²) in [6.45, 7) is 4.05. The van der Waals surface area contributed by atoms with E-state index in [2.05, 4.69) is 55.6 Å². The van der Waals surface area contributed by atoms with Crippen LogP contribution in [0.3, 0.4) is 0 Å². The summed E-state index contributed by atoms with van der Waals surface area (Å²) in [4.78, 5) is 12.5. The first kappa shape index (κ1) is 58.5. The minimum Gasteiger partial charge on any atom is -0.394 e. The molecule has 0 spiro atoms. The Morgan fingerprint density at radius 1 is 0.400 bits per heavy atom. The molecule has 0 aliphatic heterocycles. The van der Waals surface area contributed by atoms with Crippen molar-refractivity contribution in [1.29, 1.82) is 0 Å². The lowest BCUT2D eigenvalue weighted by molar-refractivity contribution is -0.132. The summed E-state index contributed by atoms with van der Waals surface area (Å²) >= 11 is 0. The van der Waals surface area contributed by atoms with Crippen LogP contribution in [0.1, 0.15) is 271 Å². The number of carbonyl (C=O) groups excluding carboxylic acids is 1. The van der Waals surface area contributed by atoms with Crippen LogP contribution in [0, 0.1) is 0 Å². The van der Waals surface area contributed by atoms with Crippen LogP contribution in [0.5, 0.6) is 0 Å². The fraction of sp³-hybridized carbons (Fsp3) is 0.870. The molecular formula is C54H103NO5. The van der Waals surface area contributed by atoms with Gasteiger partial charge in [0.2, 0.25) is 5.91 Å². The van der Waals surface area contributed by atoms with E-state index in [0.29, 0.717) is 19.3 Å². The van der Waals surface area contributed by atoms with Gasteiger partial charge < -0.3 is 25.7 Å². The van der Waals surface area contributed by atoms with Crippen molar-refractivity contribution in [3.8, 4) is 0 Å². The summed E-state index contributed by atoms with van der Waals surface area (Å²) in [6.07, 6.45) is 59.2. The first-order valence-corrected chi connectivity index (χ1v) is 26.4. The molecule has 0 saturated carbocycles. The fourth-order valence-corrected chi connectivity index (χ4v) is 8.12. The number of hydrogen-bond donors (Lipinski definition) is 5. The maximum absolute atomic E-state index is 12.5. The molecule has 0 radical (unpaired) electrons. The van der Waals surface area contributed by atoms with E-state index in [9.17, 15) is 25.2 Å². The molecule has 6 nitrogen and oxygen atoms in total. The Kier molecular flexibility index (Phi) is 47.4. The molecule has 6 heteroatoms. The Bertz CT molecular complexity index is 950. The van der Waals surface area contributed by atoms with Crippen molar-refractivity contribution in [2.75, 3.05) is 6.61 Å². The van der Waals surface area contributed by atoms with Crippen molar-refractivity contribution in [1.82, 2.24) is 5.32 Å². The lowest BCUT2D eigenvalue weighted by Gasteiger charge is -2.27. The van der Waals surface area contributed by atoms with E-state index < -0.39 is 36.9 Å². The standard InChI is InChI=1S/C54H103NO5/c1-3-5-7-9-11-13-15-17-19-21-22-23-24-25-26-27-28-29-30-31-32-34-35-37-39-41-43-45-47-51(57)53(59)50(49-56)55-54(60)52(58)48-46-44-42-40-38-36-33-20-18-16-14-12-10-8-6-4-2/h18,20,32,34,39,41,50-53,56-59H,3-17,19,21-31,33,35-38,40,42-49H2,1-2H3,(H,55,60)/b20-18-,34-32+,41-39+.